The van der Waals surface area contributed by atoms with Gasteiger partial charge in [0.2, 0.25) is 0 Å². The van der Waals surface area contributed by atoms with E-state index in [4.69, 9.17) is 5.73 Å². The van der Waals surface area contributed by atoms with Crippen LogP contribution in [0.2, 0.25) is 0 Å². The molecule has 3 aromatic rings. The molecule has 1 aromatic carbocycles. The average Bonchev–Trinajstić information content (AvgIpc) is 3.11. The van der Waals surface area contributed by atoms with Crippen LogP contribution in [0.5, 0.6) is 0 Å². The van der Waals surface area contributed by atoms with E-state index in [1.165, 1.54) is 10.9 Å². The Balaban J connectivity index is 1.89. The number of nitrogens with one attached hydrogen (secondary N) is 1. The van der Waals surface area contributed by atoms with Crippen molar-refractivity contribution in [1.29, 1.82) is 0 Å². The lowest BCUT2D eigenvalue weighted by Crippen LogP contribution is -2.38. The lowest BCUT2D eigenvalue weighted by atomic mass is 10.2. The number of aromatic amines is 1. The summed E-state index contributed by atoms with van der Waals surface area (Å²) in [6.45, 7) is 1.31. The third-order valence-corrected chi connectivity index (χ3v) is 3.91. The molecule has 130 valence electrons. The minimum Gasteiger partial charge on any atom is -0.383 e. The molecule has 0 atom stereocenters. The maximum Gasteiger partial charge on any atom is 0.330 e. The Morgan fingerprint density at radius 3 is 2.68 bits per heavy atom. The van der Waals surface area contributed by atoms with Crippen molar-refractivity contribution in [1.82, 2.24) is 24.3 Å². The number of rotatable bonds is 6. The molecule has 0 fully saturated rings. The smallest absolute Gasteiger partial charge is 0.330 e. The van der Waals surface area contributed by atoms with Crippen molar-refractivity contribution < 1.29 is 0 Å². The standard InChI is InChI=1S/C16H19N7O2/c1-21(7-8-22-11-18-10-19-22)13-14(17)23(16(25)20-15(13)24)9-12-5-3-2-4-6-12/h2-6,10-11H,7-9,17H2,1H3,(H,20,24,25). The number of anilines is 2. The van der Waals surface area contributed by atoms with E-state index < -0.39 is 11.2 Å². The van der Waals surface area contributed by atoms with Gasteiger partial charge in [0.05, 0.1) is 13.1 Å². The maximum absolute atomic E-state index is 12.2. The molecule has 3 rings (SSSR count). The molecule has 2 heterocycles. The molecule has 0 bridgehead atoms. The Kier molecular flexibility index (Phi) is 4.64. The van der Waals surface area contributed by atoms with Crippen molar-refractivity contribution in [3.05, 3.63) is 69.4 Å². The Morgan fingerprint density at radius 2 is 2.00 bits per heavy atom. The molecule has 0 aliphatic heterocycles. The van der Waals surface area contributed by atoms with E-state index in [2.05, 4.69) is 15.1 Å². The van der Waals surface area contributed by atoms with Crippen molar-refractivity contribution in [2.24, 2.45) is 0 Å². The third kappa shape index (κ3) is 3.60. The van der Waals surface area contributed by atoms with E-state index >= 15 is 0 Å². The fourth-order valence-electron chi connectivity index (χ4n) is 2.58. The van der Waals surface area contributed by atoms with Crippen molar-refractivity contribution >= 4 is 11.5 Å². The molecule has 3 N–H and O–H groups in total. The van der Waals surface area contributed by atoms with Crippen molar-refractivity contribution in [2.75, 3.05) is 24.2 Å². The van der Waals surface area contributed by atoms with E-state index in [9.17, 15) is 9.59 Å². The predicted molar refractivity (Wildman–Crippen MR) is 94.6 cm³/mol. The minimum atomic E-state index is -0.528. The number of benzene rings is 1. The molecular weight excluding hydrogens is 322 g/mol. The first-order valence-electron chi connectivity index (χ1n) is 7.76. The highest BCUT2D eigenvalue weighted by atomic mass is 16.2. The summed E-state index contributed by atoms with van der Waals surface area (Å²) in [6, 6.07) is 9.45. The topological polar surface area (TPSA) is 115 Å². The van der Waals surface area contributed by atoms with Crippen LogP contribution in [0, 0.1) is 0 Å². The fraction of sp³-hybridized carbons (Fsp3) is 0.250. The average molecular weight is 341 g/mol. The van der Waals surface area contributed by atoms with Gasteiger partial charge in [-0.25, -0.2) is 9.78 Å². The van der Waals surface area contributed by atoms with Gasteiger partial charge in [-0.2, -0.15) is 5.10 Å². The van der Waals surface area contributed by atoms with Crippen LogP contribution < -0.4 is 21.9 Å². The fourth-order valence-corrected chi connectivity index (χ4v) is 2.58. The van der Waals surface area contributed by atoms with E-state index in [0.717, 1.165) is 5.56 Å². The van der Waals surface area contributed by atoms with Gasteiger partial charge in [-0.15, -0.1) is 0 Å². The van der Waals surface area contributed by atoms with Gasteiger partial charge >= 0.3 is 5.69 Å². The first kappa shape index (κ1) is 16.5. The summed E-state index contributed by atoms with van der Waals surface area (Å²) < 4.78 is 3.01. The van der Waals surface area contributed by atoms with E-state index in [1.54, 1.807) is 23.0 Å². The Bertz CT molecular complexity index is 945. The number of nitrogens with two attached hydrogens (primary N) is 1. The van der Waals surface area contributed by atoms with Crippen LogP contribution in [-0.4, -0.2) is 37.9 Å². The van der Waals surface area contributed by atoms with Crippen LogP contribution in [0.3, 0.4) is 0 Å². The Labute approximate surface area is 143 Å². The monoisotopic (exact) mass is 341 g/mol. The summed E-state index contributed by atoms with van der Waals surface area (Å²) in [4.78, 5) is 32.3. The van der Waals surface area contributed by atoms with Crippen LogP contribution in [-0.2, 0) is 13.1 Å². The SMILES string of the molecule is CN(CCn1cncn1)c1c(N)n(Cc2ccccc2)c(=O)[nH]c1=O. The van der Waals surface area contributed by atoms with Gasteiger partial charge in [0, 0.05) is 13.6 Å². The molecule has 0 aliphatic carbocycles. The summed E-state index contributed by atoms with van der Waals surface area (Å²) >= 11 is 0. The minimum absolute atomic E-state index is 0.138. The Hall–Kier alpha value is -3.36. The van der Waals surface area contributed by atoms with E-state index in [0.29, 0.717) is 13.1 Å². The number of hydrogen-bond donors (Lipinski definition) is 2. The molecule has 0 aliphatic rings. The molecule has 0 unspecified atom stereocenters. The molecular formula is C16H19N7O2. The second kappa shape index (κ2) is 7.04. The molecule has 25 heavy (non-hydrogen) atoms. The second-order valence-corrected chi connectivity index (χ2v) is 5.64. The molecule has 2 aromatic heterocycles. The van der Waals surface area contributed by atoms with Crippen molar-refractivity contribution in [3.63, 3.8) is 0 Å². The first-order valence-corrected chi connectivity index (χ1v) is 7.76. The Morgan fingerprint density at radius 1 is 1.24 bits per heavy atom. The lowest BCUT2D eigenvalue weighted by Gasteiger charge is -2.21. The normalized spacial score (nSPS) is 10.8. The molecule has 0 spiro atoms. The molecule has 0 saturated heterocycles. The van der Waals surface area contributed by atoms with Crippen LogP contribution >= 0.6 is 0 Å². The zero-order valence-corrected chi connectivity index (χ0v) is 13.8. The van der Waals surface area contributed by atoms with Gasteiger partial charge in [0.15, 0.2) is 0 Å². The quantitative estimate of drug-likeness (QED) is 0.647. The van der Waals surface area contributed by atoms with Gasteiger partial charge in [-0.1, -0.05) is 30.3 Å². The zero-order valence-electron chi connectivity index (χ0n) is 13.8. The molecule has 9 heteroatoms. The van der Waals surface area contributed by atoms with Crippen LogP contribution in [0.4, 0.5) is 11.5 Å². The molecule has 9 nitrogen and oxygen atoms in total. The number of H-pyrrole nitrogens is 1. The van der Waals surface area contributed by atoms with Crippen molar-refractivity contribution in [3.8, 4) is 0 Å². The summed E-state index contributed by atoms with van der Waals surface area (Å²) in [7, 11) is 1.75. The highest BCUT2D eigenvalue weighted by Gasteiger charge is 2.16. The number of nitrogen functional groups attached to an aromatic ring is 1. The predicted octanol–water partition coefficient (Wildman–Crippen LogP) is -0.105. The van der Waals surface area contributed by atoms with Gasteiger partial charge in [0.25, 0.3) is 5.56 Å². The number of aromatic nitrogens is 5. The van der Waals surface area contributed by atoms with Gasteiger partial charge < -0.3 is 10.6 Å². The highest BCUT2D eigenvalue weighted by molar-refractivity contribution is 5.62. The molecule has 0 amide bonds. The van der Waals surface area contributed by atoms with Gasteiger partial charge in [0.1, 0.15) is 24.2 Å². The largest absolute Gasteiger partial charge is 0.383 e. The summed E-state index contributed by atoms with van der Waals surface area (Å²) in [5.74, 6) is 0.138. The summed E-state index contributed by atoms with van der Waals surface area (Å²) in [5.41, 5.74) is 6.29. The molecule has 0 radical (unpaired) electrons. The van der Waals surface area contributed by atoms with Crippen LogP contribution in [0.1, 0.15) is 5.56 Å². The maximum atomic E-state index is 12.2. The van der Waals surface area contributed by atoms with Crippen LogP contribution in [0.25, 0.3) is 0 Å². The zero-order chi connectivity index (χ0) is 17.8. The summed E-state index contributed by atoms with van der Waals surface area (Å²) in [6.07, 6.45) is 3.04. The van der Waals surface area contributed by atoms with Gasteiger partial charge in [-0.05, 0) is 5.56 Å². The van der Waals surface area contributed by atoms with Gasteiger partial charge in [-0.3, -0.25) is 19.0 Å². The number of hydrogen-bond acceptors (Lipinski definition) is 6. The molecule has 0 saturated carbocycles. The van der Waals surface area contributed by atoms with Crippen molar-refractivity contribution in [2.45, 2.75) is 13.1 Å². The number of likely N-dealkylation sites (N-methyl/N-ethyl adjacent to an activating group) is 1. The second-order valence-electron chi connectivity index (χ2n) is 5.64. The van der Waals surface area contributed by atoms with E-state index in [1.807, 2.05) is 30.3 Å². The highest BCUT2D eigenvalue weighted by Crippen LogP contribution is 2.16. The lowest BCUT2D eigenvalue weighted by molar-refractivity contribution is 0.607. The van der Waals surface area contributed by atoms with Crippen LogP contribution in [0.15, 0.2) is 52.6 Å². The summed E-state index contributed by atoms with van der Waals surface area (Å²) in [5, 5.41) is 4.02. The number of nitrogens with zero attached hydrogens (tertiary/aromatic N) is 5. The third-order valence-electron chi connectivity index (χ3n) is 3.91. The first-order chi connectivity index (χ1) is 12.1. The van der Waals surface area contributed by atoms with E-state index in [-0.39, 0.29) is 18.1 Å².